The number of nitrogens with two attached hydrogens (primary N) is 1. The van der Waals surface area contributed by atoms with Crippen molar-refractivity contribution < 1.29 is 14.7 Å². The third-order valence-electron chi connectivity index (χ3n) is 3.36. The van der Waals surface area contributed by atoms with Crippen LogP contribution >= 0.6 is 0 Å². The third kappa shape index (κ3) is 2.95. The molecule has 1 aliphatic rings. The Morgan fingerprint density at radius 3 is 2.50 bits per heavy atom. The lowest BCUT2D eigenvalue weighted by atomic mass is 10.0. The molecule has 0 saturated heterocycles. The highest BCUT2D eigenvalue weighted by atomic mass is 16.4. The second-order valence-corrected chi connectivity index (χ2v) is 4.64. The maximum absolute atomic E-state index is 11.7. The second kappa shape index (κ2) is 5.30. The average Bonchev–Trinajstić information content (AvgIpc) is 2.64. The molecule has 0 spiro atoms. The van der Waals surface area contributed by atoms with E-state index in [2.05, 4.69) is 5.32 Å². The van der Waals surface area contributed by atoms with Crippen LogP contribution in [0.2, 0.25) is 0 Å². The van der Waals surface area contributed by atoms with Crippen molar-refractivity contribution in [2.45, 2.75) is 45.2 Å². The lowest BCUT2D eigenvalue weighted by Crippen LogP contribution is -2.46. The number of amides is 1. The minimum atomic E-state index is -0.823. The monoisotopic (exact) mass is 228 g/mol. The summed E-state index contributed by atoms with van der Waals surface area (Å²) in [7, 11) is 0. The largest absolute Gasteiger partial charge is 0.481 e. The van der Waals surface area contributed by atoms with Crippen LogP contribution in [0.5, 0.6) is 0 Å². The van der Waals surface area contributed by atoms with Crippen molar-refractivity contribution in [3.8, 4) is 0 Å². The van der Waals surface area contributed by atoms with Crippen molar-refractivity contribution in [1.82, 2.24) is 5.32 Å². The molecule has 5 nitrogen and oxygen atoms in total. The van der Waals surface area contributed by atoms with Crippen LogP contribution in [0.3, 0.4) is 0 Å². The van der Waals surface area contributed by atoms with E-state index in [9.17, 15) is 9.59 Å². The van der Waals surface area contributed by atoms with Gasteiger partial charge in [0, 0.05) is 18.0 Å². The molecule has 92 valence electrons. The fraction of sp³-hybridized carbons (Fsp3) is 0.818. The Balaban J connectivity index is 2.53. The summed E-state index contributed by atoms with van der Waals surface area (Å²) in [6.45, 7) is 3.53. The van der Waals surface area contributed by atoms with Gasteiger partial charge < -0.3 is 16.2 Å². The quantitative estimate of drug-likeness (QED) is 0.647. The van der Waals surface area contributed by atoms with E-state index in [0.717, 1.165) is 12.8 Å². The van der Waals surface area contributed by atoms with E-state index in [1.54, 1.807) is 13.8 Å². The lowest BCUT2D eigenvalue weighted by molar-refractivity contribution is -0.142. The van der Waals surface area contributed by atoms with E-state index < -0.39 is 11.9 Å². The van der Waals surface area contributed by atoms with E-state index in [1.165, 1.54) is 0 Å². The maximum atomic E-state index is 11.7. The third-order valence-corrected chi connectivity index (χ3v) is 3.36. The number of carboxylic acid groups (broad SMARTS) is 1. The number of hydrogen-bond donors (Lipinski definition) is 3. The summed E-state index contributed by atoms with van der Waals surface area (Å²) < 4.78 is 0. The van der Waals surface area contributed by atoms with Gasteiger partial charge in [0.05, 0.1) is 5.92 Å². The van der Waals surface area contributed by atoms with Gasteiger partial charge in [-0.3, -0.25) is 9.59 Å². The molecular formula is C11H20N2O3. The van der Waals surface area contributed by atoms with Crippen LogP contribution in [0.15, 0.2) is 0 Å². The van der Waals surface area contributed by atoms with Gasteiger partial charge in [-0.25, -0.2) is 0 Å². The standard InChI is InChI=1S/C11H20N2O3/c1-6(7(2)12)10(14)13-9-5-3-4-8(9)11(15)16/h6-9H,3-5,12H2,1-2H3,(H,13,14)(H,15,16). The zero-order chi connectivity index (χ0) is 12.3. The van der Waals surface area contributed by atoms with Gasteiger partial charge in [-0.05, 0) is 19.8 Å². The fourth-order valence-electron chi connectivity index (χ4n) is 1.98. The molecule has 0 bridgehead atoms. The van der Waals surface area contributed by atoms with Gasteiger partial charge in [-0.15, -0.1) is 0 Å². The predicted octanol–water partition coefficient (Wildman–Crippen LogP) is 0.339. The molecular weight excluding hydrogens is 208 g/mol. The molecule has 1 aliphatic carbocycles. The van der Waals surface area contributed by atoms with Gasteiger partial charge in [0.25, 0.3) is 0 Å². The highest BCUT2D eigenvalue weighted by molar-refractivity contribution is 5.80. The van der Waals surface area contributed by atoms with Crippen molar-refractivity contribution in [2.24, 2.45) is 17.6 Å². The van der Waals surface area contributed by atoms with Crippen LogP contribution in [0, 0.1) is 11.8 Å². The highest BCUT2D eigenvalue weighted by Gasteiger charge is 2.34. The van der Waals surface area contributed by atoms with Gasteiger partial charge in [-0.1, -0.05) is 13.3 Å². The van der Waals surface area contributed by atoms with Crippen molar-refractivity contribution in [1.29, 1.82) is 0 Å². The first-order valence-corrected chi connectivity index (χ1v) is 5.72. The molecule has 0 aromatic carbocycles. The topological polar surface area (TPSA) is 92.4 Å². The molecule has 4 N–H and O–H groups in total. The van der Waals surface area contributed by atoms with E-state index in [0.29, 0.717) is 6.42 Å². The van der Waals surface area contributed by atoms with E-state index >= 15 is 0 Å². The first-order chi connectivity index (χ1) is 7.43. The van der Waals surface area contributed by atoms with Crippen LogP contribution in [0.1, 0.15) is 33.1 Å². The predicted molar refractivity (Wildman–Crippen MR) is 59.7 cm³/mol. The van der Waals surface area contributed by atoms with Crippen molar-refractivity contribution in [2.75, 3.05) is 0 Å². The molecule has 1 fully saturated rings. The Morgan fingerprint density at radius 2 is 2.00 bits per heavy atom. The molecule has 0 aliphatic heterocycles. The Bertz CT molecular complexity index is 278. The number of rotatable bonds is 4. The number of carbonyl (C=O) groups excluding carboxylic acids is 1. The van der Waals surface area contributed by atoms with E-state index in [4.69, 9.17) is 10.8 Å². The van der Waals surface area contributed by atoms with Gasteiger partial charge in [0.15, 0.2) is 0 Å². The van der Waals surface area contributed by atoms with Crippen molar-refractivity contribution >= 4 is 11.9 Å². The Morgan fingerprint density at radius 1 is 1.38 bits per heavy atom. The van der Waals surface area contributed by atoms with Crippen LogP contribution < -0.4 is 11.1 Å². The summed E-state index contributed by atoms with van der Waals surface area (Å²) in [6.07, 6.45) is 2.25. The highest BCUT2D eigenvalue weighted by Crippen LogP contribution is 2.26. The Kier molecular flexibility index (Phi) is 4.29. The Labute approximate surface area is 95.4 Å². The maximum Gasteiger partial charge on any atom is 0.308 e. The van der Waals surface area contributed by atoms with Crippen LogP contribution in [0.25, 0.3) is 0 Å². The van der Waals surface area contributed by atoms with Gasteiger partial charge >= 0.3 is 5.97 Å². The van der Waals surface area contributed by atoms with E-state index in [1.807, 2.05) is 0 Å². The molecule has 5 heteroatoms. The van der Waals surface area contributed by atoms with E-state index in [-0.39, 0.29) is 23.9 Å². The van der Waals surface area contributed by atoms with Crippen molar-refractivity contribution in [3.05, 3.63) is 0 Å². The summed E-state index contributed by atoms with van der Waals surface area (Å²) in [4.78, 5) is 22.6. The second-order valence-electron chi connectivity index (χ2n) is 4.64. The molecule has 16 heavy (non-hydrogen) atoms. The first kappa shape index (κ1) is 13.0. The van der Waals surface area contributed by atoms with Gasteiger partial charge in [0.1, 0.15) is 0 Å². The number of aliphatic carboxylic acids is 1. The molecule has 1 amide bonds. The molecule has 0 radical (unpaired) electrons. The summed E-state index contributed by atoms with van der Waals surface area (Å²) in [5.74, 6) is -1.69. The van der Waals surface area contributed by atoms with Crippen LogP contribution in [0.4, 0.5) is 0 Å². The van der Waals surface area contributed by atoms with Crippen LogP contribution in [-0.4, -0.2) is 29.1 Å². The zero-order valence-corrected chi connectivity index (χ0v) is 9.77. The fourth-order valence-corrected chi connectivity index (χ4v) is 1.98. The number of hydrogen-bond acceptors (Lipinski definition) is 3. The molecule has 4 unspecified atom stereocenters. The normalized spacial score (nSPS) is 28.4. The molecule has 0 heterocycles. The van der Waals surface area contributed by atoms with Crippen LogP contribution in [-0.2, 0) is 9.59 Å². The first-order valence-electron chi connectivity index (χ1n) is 5.72. The Hall–Kier alpha value is -1.10. The number of nitrogens with one attached hydrogen (secondary N) is 1. The average molecular weight is 228 g/mol. The van der Waals surface area contributed by atoms with Gasteiger partial charge in [-0.2, -0.15) is 0 Å². The summed E-state index contributed by atoms with van der Waals surface area (Å²) in [5, 5.41) is 11.8. The lowest BCUT2D eigenvalue weighted by Gasteiger charge is -2.21. The zero-order valence-electron chi connectivity index (χ0n) is 9.77. The van der Waals surface area contributed by atoms with Gasteiger partial charge in [0.2, 0.25) is 5.91 Å². The SMILES string of the molecule is CC(N)C(C)C(=O)NC1CCCC1C(=O)O. The summed E-state index contributed by atoms with van der Waals surface area (Å²) >= 11 is 0. The van der Waals surface area contributed by atoms with Crippen molar-refractivity contribution in [3.63, 3.8) is 0 Å². The number of carbonyl (C=O) groups is 2. The molecule has 4 atom stereocenters. The smallest absolute Gasteiger partial charge is 0.308 e. The molecule has 1 saturated carbocycles. The molecule has 0 aromatic heterocycles. The summed E-state index contributed by atoms with van der Waals surface area (Å²) in [6, 6.07) is -0.448. The number of carboxylic acids is 1. The minimum Gasteiger partial charge on any atom is -0.481 e. The molecule has 0 aromatic rings. The minimum absolute atomic E-state index is 0.145. The summed E-state index contributed by atoms with van der Waals surface area (Å²) in [5.41, 5.74) is 5.63. The molecule has 1 rings (SSSR count).